The highest BCUT2D eigenvalue weighted by Gasteiger charge is 2.23. The molecule has 2 heteroatoms. The molecule has 0 aliphatic carbocycles. The van der Waals surface area contributed by atoms with E-state index in [9.17, 15) is 4.79 Å². The Morgan fingerprint density at radius 1 is 1.50 bits per heavy atom. The van der Waals surface area contributed by atoms with Crippen LogP contribution in [0.15, 0.2) is 18.2 Å². The molecular formula is C12H15NO. The number of anilines is 1. The molecule has 1 aliphatic heterocycles. The Labute approximate surface area is 84.5 Å². The second-order valence-electron chi connectivity index (χ2n) is 3.69. The zero-order valence-corrected chi connectivity index (χ0v) is 8.71. The largest absolute Gasteiger partial charge is 0.312 e. The molecule has 1 aromatic carbocycles. The maximum Gasteiger partial charge on any atom is 0.223 e. The predicted molar refractivity (Wildman–Crippen MR) is 57.6 cm³/mol. The van der Waals surface area contributed by atoms with Gasteiger partial charge in [0.15, 0.2) is 0 Å². The quantitative estimate of drug-likeness (QED) is 0.663. The van der Waals surface area contributed by atoms with Crippen molar-refractivity contribution < 1.29 is 4.79 Å². The summed E-state index contributed by atoms with van der Waals surface area (Å²) in [7, 11) is 0. The maximum absolute atomic E-state index is 11.3. The van der Waals surface area contributed by atoms with Crippen molar-refractivity contribution in [2.24, 2.45) is 0 Å². The third kappa shape index (κ3) is 1.31. The lowest BCUT2D eigenvalue weighted by atomic mass is 10.0. The minimum absolute atomic E-state index is 0.150. The van der Waals surface area contributed by atoms with Gasteiger partial charge in [0.2, 0.25) is 5.91 Å². The summed E-state index contributed by atoms with van der Waals surface area (Å²) in [6.07, 6.45) is 2.06. The second-order valence-corrected chi connectivity index (χ2v) is 3.69. The summed E-state index contributed by atoms with van der Waals surface area (Å²) in [6, 6.07) is 6.24. The minimum Gasteiger partial charge on any atom is -0.312 e. The van der Waals surface area contributed by atoms with E-state index in [1.54, 1.807) is 6.92 Å². The Kier molecular flexibility index (Phi) is 2.28. The molecule has 0 bridgehead atoms. The molecule has 0 saturated heterocycles. The van der Waals surface area contributed by atoms with Crippen LogP contribution >= 0.6 is 0 Å². The summed E-state index contributed by atoms with van der Waals surface area (Å²) in [5, 5.41) is 0. The van der Waals surface area contributed by atoms with Crippen LogP contribution in [-0.4, -0.2) is 12.5 Å². The molecule has 14 heavy (non-hydrogen) atoms. The molecule has 0 unspecified atom stereocenters. The van der Waals surface area contributed by atoms with E-state index in [-0.39, 0.29) is 5.91 Å². The van der Waals surface area contributed by atoms with Crippen LogP contribution in [-0.2, 0) is 17.6 Å². The van der Waals surface area contributed by atoms with Crippen LogP contribution in [0.3, 0.4) is 0 Å². The highest BCUT2D eigenvalue weighted by molar-refractivity contribution is 5.94. The van der Waals surface area contributed by atoms with Gasteiger partial charge in [-0.25, -0.2) is 0 Å². The number of nitrogens with zero attached hydrogens (tertiary/aromatic N) is 1. The molecular weight excluding hydrogens is 174 g/mol. The number of hydrogen-bond acceptors (Lipinski definition) is 1. The Bertz CT molecular complexity index is 371. The fourth-order valence-corrected chi connectivity index (χ4v) is 2.16. The molecule has 2 rings (SSSR count). The third-order valence-electron chi connectivity index (χ3n) is 2.89. The van der Waals surface area contributed by atoms with Crippen molar-refractivity contribution in [3.63, 3.8) is 0 Å². The molecule has 0 fully saturated rings. The van der Waals surface area contributed by atoms with Crippen molar-refractivity contribution in [3.8, 4) is 0 Å². The van der Waals surface area contributed by atoms with Crippen molar-refractivity contribution in [2.45, 2.75) is 26.7 Å². The molecule has 0 aromatic heterocycles. The number of aryl methyl sites for hydroxylation is 1. The molecule has 74 valence electrons. The molecule has 2 nitrogen and oxygen atoms in total. The van der Waals surface area contributed by atoms with Crippen LogP contribution in [0.4, 0.5) is 5.69 Å². The summed E-state index contributed by atoms with van der Waals surface area (Å²) in [5.74, 6) is 0.150. The van der Waals surface area contributed by atoms with Crippen molar-refractivity contribution in [3.05, 3.63) is 29.3 Å². The molecule has 1 amide bonds. The van der Waals surface area contributed by atoms with E-state index >= 15 is 0 Å². The lowest BCUT2D eigenvalue weighted by Crippen LogP contribution is -2.25. The number of hydrogen-bond donors (Lipinski definition) is 0. The zero-order chi connectivity index (χ0) is 10.1. The highest BCUT2D eigenvalue weighted by atomic mass is 16.2. The van der Waals surface area contributed by atoms with E-state index in [1.165, 1.54) is 11.1 Å². The van der Waals surface area contributed by atoms with Gasteiger partial charge in [0.1, 0.15) is 0 Å². The summed E-state index contributed by atoms with van der Waals surface area (Å²) in [4.78, 5) is 13.2. The second kappa shape index (κ2) is 3.45. The van der Waals surface area contributed by atoms with Crippen LogP contribution < -0.4 is 4.90 Å². The lowest BCUT2D eigenvalue weighted by Gasteiger charge is -2.14. The molecule has 1 aromatic rings. The predicted octanol–water partition coefficient (Wildman–Crippen LogP) is 2.16. The topological polar surface area (TPSA) is 20.3 Å². The van der Waals surface area contributed by atoms with Crippen LogP contribution in [0.25, 0.3) is 0 Å². The van der Waals surface area contributed by atoms with E-state index in [4.69, 9.17) is 0 Å². The van der Waals surface area contributed by atoms with Crippen molar-refractivity contribution in [1.29, 1.82) is 0 Å². The average molecular weight is 189 g/mol. The van der Waals surface area contributed by atoms with Gasteiger partial charge in [0, 0.05) is 19.2 Å². The van der Waals surface area contributed by atoms with Gasteiger partial charge in [-0.15, -0.1) is 0 Å². The molecule has 0 atom stereocenters. The third-order valence-corrected chi connectivity index (χ3v) is 2.89. The highest BCUT2D eigenvalue weighted by Crippen LogP contribution is 2.30. The average Bonchev–Trinajstić information content (AvgIpc) is 2.60. The number of amides is 1. The van der Waals surface area contributed by atoms with E-state index in [2.05, 4.69) is 13.0 Å². The first-order valence-corrected chi connectivity index (χ1v) is 5.13. The van der Waals surface area contributed by atoms with Crippen LogP contribution in [0.1, 0.15) is 25.0 Å². The van der Waals surface area contributed by atoms with Gasteiger partial charge in [0.05, 0.1) is 0 Å². The van der Waals surface area contributed by atoms with Crippen molar-refractivity contribution in [2.75, 3.05) is 11.4 Å². The summed E-state index contributed by atoms with van der Waals surface area (Å²) >= 11 is 0. The van der Waals surface area contributed by atoms with Gasteiger partial charge < -0.3 is 4.90 Å². The molecule has 0 saturated carbocycles. The normalized spacial score (nSPS) is 14.3. The summed E-state index contributed by atoms with van der Waals surface area (Å²) in [5.41, 5.74) is 3.87. The molecule has 0 radical (unpaired) electrons. The maximum atomic E-state index is 11.3. The van der Waals surface area contributed by atoms with Crippen molar-refractivity contribution in [1.82, 2.24) is 0 Å². The molecule has 0 spiro atoms. The molecule has 1 heterocycles. The minimum atomic E-state index is 0.150. The van der Waals surface area contributed by atoms with Gasteiger partial charge in [-0.2, -0.15) is 0 Å². The van der Waals surface area contributed by atoms with E-state index < -0.39 is 0 Å². The summed E-state index contributed by atoms with van der Waals surface area (Å²) in [6.45, 7) is 4.64. The first kappa shape index (κ1) is 9.25. The first-order chi connectivity index (χ1) is 6.74. The lowest BCUT2D eigenvalue weighted by molar-refractivity contribution is -0.116. The number of carbonyl (C=O) groups is 1. The Morgan fingerprint density at radius 2 is 2.29 bits per heavy atom. The Balaban J connectivity index is 2.46. The van der Waals surface area contributed by atoms with Gasteiger partial charge in [-0.1, -0.05) is 19.1 Å². The molecule has 0 N–H and O–H groups in total. The van der Waals surface area contributed by atoms with Gasteiger partial charge in [-0.3, -0.25) is 4.79 Å². The Hall–Kier alpha value is -1.31. The van der Waals surface area contributed by atoms with Crippen LogP contribution in [0.5, 0.6) is 0 Å². The smallest absolute Gasteiger partial charge is 0.223 e. The molecule has 1 aliphatic rings. The van der Waals surface area contributed by atoms with E-state index in [0.717, 1.165) is 25.1 Å². The van der Waals surface area contributed by atoms with Gasteiger partial charge >= 0.3 is 0 Å². The SMILES string of the molecule is CCc1cccc2c1CCN2C(C)=O. The van der Waals surface area contributed by atoms with E-state index in [0.29, 0.717) is 0 Å². The standard InChI is InChI=1S/C12H15NO/c1-3-10-5-4-6-12-11(10)7-8-13(12)9(2)14/h4-6H,3,7-8H2,1-2H3. The fourth-order valence-electron chi connectivity index (χ4n) is 2.16. The number of benzene rings is 1. The number of carbonyl (C=O) groups excluding carboxylic acids is 1. The number of rotatable bonds is 1. The zero-order valence-electron chi connectivity index (χ0n) is 8.71. The van der Waals surface area contributed by atoms with Gasteiger partial charge in [-0.05, 0) is 30.0 Å². The van der Waals surface area contributed by atoms with Crippen LogP contribution in [0, 0.1) is 0 Å². The monoisotopic (exact) mass is 189 g/mol. The van der Waals surface area contributed by atoms with Gasteiger partial charge in [0.25, 0.3) is 0 Å². The Morgan fingerprint density at radius 3 is 2.93 bits per heavy atom. The summed E-state index contributed by atoms with van der Waals surface area (Å²) < 4.78 is 0. The number of fused-ring (bicyclic) bond motifs is 1. The first-order valence-electron chi connectivity index (χ1n) is 5.13. The van der Waals surface area contributed by atoms with Crippen LogP contribution in [0.2, 0.25) is 0 Å². The van der Waals surface area contributed by atoms with E-state index in [1.807, 2.05) is 17.0 Å². The van der Waals surface area contributed by atoms with Crippen molar-refractivity contribution >= 4 is 11.6 Å². The fraction of sp³-hybridized carbons (Fsp3) is 0.417.